The van der Waals surface area contributed by atoms with Crippen molar-refractivity contribution in [3.8, 4) is 0 Å². The number of pyridine rings is 1. The normalized spacial score (nSPS) is 10.8. The SMILES string of the molecule is CCOCCCc1ccc2ncccc2c1. The van der Waals surface area contributed by atoms with Gasteiger partial charge in [-0.2, -0.15) is 0 Å². The van der Waals surface area contributed by atoms with Crippen LogP contribution in [0.4, 0.5) is 0 Å². The molecule has 0 atom stereocenters. The molecule has 0 saturated heterocycles. The molecule has 1 heterocycles. The third-order valence-corrected chi connectivity index (χ3v) is 2.63. The van der Waals surface area contributed by atoms with Crippen LogP contribution in [0.5, 0.6) is 0 Å². The molecule has 0 aliphatic carbocycles. The van der Waals surface area contributed by atoms with E-state index in [1.165, 1.54) is 10.9 Å². The maximum Gasteiger partial charge on any atom is 0.0702 e. The van der Waals surface area contributed by atoms with Gasteiger partial charge in [-0.3, -0.25) is 4.98 Å². The van der Waals surface area contributed by atoms with Crippen LogP contribution in [0.2, 0.25) is 0 Å². The van der Waals surface area contributed by atoms with Crippen LogP contribution in [0.15, 0.2) is 36.5 Å². The first-order valence-corrected chi connectivity index (χ1v) is 5.81. The fourth-order valence-corrected chi connectivity index (χ4v) is 1.80. The fourth-order valence-electron chi connectivity index (χ4n) is 1.80. The molecule has 0 bridgehead atoms. The topological polar surface area (TPSA) is 22.1 Å². The van der Waals surface area contributed by atoms with E-state index in [4.69, 9.17) is 4.74 Å². The van der Waals surface area contributed by atoms with Crippen molar-refractivity contribution in [3.63, 3.8) is 0 Å². The molecule has 1 aromatic heterocycles. The van der Waals surface area contributed by atoms with Crippen LogP contribution in [0.25, 0.3) is 10.9 Å². The molecular weight excluding hydrogens is 198 g/mol. The molecular formula is C14H17NO. The molecule has 0 unspecified atom stereocenters. The standard InChI is InChI=1S/C14H17NO/c1-2-16-10-4-5-12-7-8-14-13(11-12)6-3-9-15-14/h3,6-9,11H,2,4-5,10H2,1H3. The van der Waals surface area contributed by atoms with Gasteiger partial charge in [-0.05, 0) is 43.5 Å². The summed E-state index contributed by atoms with van der Waals surface area (Å²) in [5.41, 5.74) is 2.43. The van der Waals surface area contributed by atoms with Gasteiger partial charge >= 0.3 is 0 Å². The molecule has 0 amide bonds. The first kappa shape index (κ1) is 11.1. The predicted molar refractivity (Wildman–Crippen MR) is 66.6 cm³/mol. The van der Waals surface area contributed by atoms with Crippen molar-refractivity contribution in [1.82, 2.24) is 4.98 Å². The quantitative estimate of drug-likeness (QED) is 0.714. The van der Waals surface area contributed by atoms with Crippen LogP contribution < -0.4 is 0 Å². The zero-order valence-corrected chi connectivity index (χ0v) is 9.65. The van der Waals surface area contributed by atoms with E-state index < -0.39 is 0 Å². The summed E-state index contributed by atoms with van der Waals surface area (Å²) in [6.45, 7) is 3.69. The summed E-state index contributed by atoms with van der Waals surface area (Å²) >= 11 is 0. The van der Waals surface area contributed by atoms with Gasteiger partial charge in [-0.1, -0.05) is 12.1 Å². The smallest absolute Gasteiger partial charge is 0.0702 e. The van der Waals surface area contributed by atoms with Crippen LogP contribution >= 0.6 is 0 Å². The van der Waals surface area contributed by atoms with Gasteiger partial charge in [0.15, 0.2) is 0 Å². The number of ether oxygens (including phenoxy) is 1. The lowest BCUT2D eigenvalue weighted by Crippen LogP contribution is -1.95. The van der Waals surface area contributed by atoms with E-state index in [1.807, 2.05) is 19.2 Å². The molecule has 0 spiro atoms. The molecule has 84 valence electrons. The highest BCUT2D eigenvalue weighted by Gasteiger charge is 1.97. The Balaban J connectivity index is 2.02. The van der Waals surface area contributed by atoms with E-state index >= 15 is 0 Å². The minimum Gasteiger partial charge on any atom is -0.382 e. The van der Waals surface area contributed by atoms with Gasteiger partial charge in [-0.25, -0.2) is 0 Å². The molecule has 16 heavy (non-hydrogen) atoms. The zero-order valence-electron chi connectivity index (χ0n) is 9.65. The maximum absolute atomic E-state index is 5.33. The Morgan fingerprint density at radius 3 is 3.06 bits per heavy atom. The van der Waals surface area contributed by atoms with E-state index in [1.54, 1.807) is 0 Å². The number of fused-ring (bicyclic) bond motifs is 1. The van der Waals surface area contributed by atoms with Gasteiger partial charge in [0.1, 0.15) is 0 Å². The van der Waals surface area contributed by atoms with Gasteiger partial charge in [0.25, 0.3) is 0 Å². The van der Waals surface area contributed by atoms with Crippen molar-refractivity contribution in [2.24, 2.45) is 0 Å². The Bertz CT molecular complexity index is 453. The van der Waals surface area contributed by atoms with Crippen molar-refractivity contribution in [2.75, 3.05) is 13.2 Å². The van der Waals surface area contributed by atoms with Gasteiger partial charge in [-0.15, -0.1) is 0 Å². The van der Waals surface area contributed by atoms with Crippen molar-refractivity contribution in [2.45, 2.75) is 19.8 Å². The first-order chi connectivity index (χ1) is 7.90. The molecule has 0 aliphatic rings. The molecule has 2 aromatic rings. The highest BCUT2D eigenvalue weighted by Crippen LogP contribution is 2.14. The largest absolute Gasteiger partial charge is 0.382 e. The Morgan fingerprint density at radius 1 is 1.25 bits per heavy atom. The molecule has 2 heteroatoms. The highest BCUT2D eigenvalue weighted by atomic mass is 16.5. The van der Waals surface area contributed by atoms with Crippen molar-refractivity contribution in [3.05, 3.63) is 42.1 Å². The number of hydrogen-bond acceptors (Lipinski definition) is 2. The van der Waals surface area contributed by atoms with Crippen molar-refractivity contribution >= 4 is 10.9 Å². The minimum absolute atomic E-state index is 0.807. The van der Waals surface area contributed by atoms with Crippen molar-refractivity contribution < 1.29 is 4.74 Å². The zero-order chi connectivity index (χ0) is 11.2. The highest BCUT2D eigenvalue weighted by molar-refractivity contribution is 5.78. The van der Waals surface area contributed by atoms with Crippen molar-refractivity contribution in [1.29, 1.82) is 0 Å². The van der Waals surface area contributed by atoms with Crippen LogP contribution in [0, 0.1) is 0 Å². The third kappa shape index (κ3) is 2.80. The lowest BCUT2D eigenvalue weighted by molar-refractivity contribution is 0.145. The lowest BCUT2D eigenvalue weighted by atomic mass is 10.1. The van der Waals surface area contributed by atoms with Crippen LogP contribution in [-0.2, 0) is 11.2 Å². The second-order valence-corrected chi connectivity index (χ2v) is 3.83. The Morgan fingerprint density at radius 2 is 2.19 bits per heavy atom. The number of rotatable bonds is 5. The minimum atomic E-state index is 0.807. The van der Waals surface area contributed by atoms with Gasteiger partial charge in [0, 0.05) is 24.8 Å². The predicted octanol–water partition coefficient (Wildman–Crippen LogP) is 3.20. The second kappa shape index (κ2) is 5.61. The van der Waals surface area contributed by atoms with E-state index in [9.17, 15) is 0 Å². The first-order valence-electron chi connectivity index (χ1n) is 5.81. The summed E-state index contributed by atoms with van der Waals surface area (Å²) < 4.78 is 5.33. The summed E-state index contributed by atoms with van der Waals surface area (Å²) in [6, 6.07) is 10.5. The van der Waals surface area contributed by atoms with Crippen LogP contribution in [0.1, 0.15) is 18.9 Å². The fraction of sp³-hybridized carbons (Fsp3) is 0.357. The summed E-state index contributed by atoms with van der Waals surface area (Å²) in [7, 11) is 0. The molecule has 0 fully saturated rings. The van der Waals surface area contributed by atoms with E-state index in [0.29, 0.717) is 0 Å². The second-order valence-electron chi connectivity index (χ2n) is 3.83. The lowest BCUT2D eigenvalue weighted by Gasteiger charge is -2.03. The van der Waals surface area contributed by atoms with Gasteiger partial charge in [0.2, 0.25) is 0 Å². The summed E-state index contributed by atoms with van der Waals surface area (Å²) in [5.74, 6) is 0. The maximum atomic E-state index is 5.33. The average Bonchev–Trinajstić information content (AvgIpc) is 2.34. The monoisotopic (exact) mass is 215 g/mol. The molecule has 0 aliphatic heterocycles. The number of aromatic nitrogens is 1. The van der Waals surface area contributed by atoms with Gasteiger partial charge < -0.3 is 4.74 Å². The summed E-state index contributed by atoms with van der Waals surface area (Å²) in [6.07, 6.45) is 3.99. The molecule has 2 nitrogen and oxygen atoms in total. The summed E-state index contributed by atoms with van der Waals surface area (Å²) in [4.78, 5) is 4.31. The molecule has 0 radical (unpaired) electrons. The van der Waals surface area contributed by atoms with E-state index in [0.717, 1.165) is 31.6 Å². The number of aryl methyl sites for hydroxylation is 1. The van der Waals surface area contributed by atoms with E-state index in [-0.39, 0.29) is 0 Å². The number of nitrogens with zero attached hydrogens (tertiary/aromatic N) is 1. The van der Waals surface area contributed by atoms with Crippen LogP contribution in [0.3, 0.4) is 0 Å². The third-order valence-electron chi connectivity index (χ3n) is 2.63. The molecule has 0 N–H and O–H groups in total. The molecule has 2 rings (SSSR count). The Hall–Kier alpha value is -1.41. The van der Waals surface area contributed by atoms with Crippen LogP contribution in [-0.4, -0.2) is 18.2 Å². The number of benzene rings is 1. The number of hydrogen-bond donors (Lipinski definition) is 0. The van der Waals surface area contributed by atoms with Gasteiger partial charge in [0.05, 0.1) is 5.52 Å². The average molecular weight is 215 g/mol. The Labute approximate surface area is 96.3 Å². The summed E-state index contributed by atoms with van der Waals surface area (Å²) in [5, 5.41) is 1.22. The van der Waals surface area contributed by atoms with E-state index in [2.05, 4.69) is 29.2 Å². The molecule has 1 aromatic carbocycles. The molecule has 0 saturated carbocycles. The Kier molecular flexibility index (Phi) is 3.89.